The van der Waals surface area contributed by atoms with Gasteiger partial charge in [-0.1, -0.05) is 23.5 Å². The molecule has 3 aromatic heterocycles. The molecule has 0 atom stereocenters. The van der Waals surface area contributed by atoms with Crippen LogP contribution in [-0.2, 0) is 6.54 Å². The first kappa shape index (κ1) is 17.8. The van der Waals surface area contributed by atoms with E-state index in [1.165, 1.54) is 15.7 Å². The molecule has 148 valence electrons. The van der Waals surface area contributed by atoms with E-state index >= 15 is 0 Å². The van der Waals surface area contributed by atoms with Gasteiger partial charge in [0.2, 0.25) is 5.82 Å². The average molecular weight is 410 g/mol. The van der Waals surface area contributed by atoms with Crippen LogP contribution in [0.2, 0.25) is 0 Å². The van der Waals surface area contributed by atoms with Crippen molar-refractivity contribution in [1.82, 2.24) is 24.3 Å². The Kier molecular flexibility index (Phi) is 4.25. The maximum absolute atomic E-state index is 11.6. The molecule has 1 saturated heterocycles. The van der Waals surface area contributed by atoms with Gasteiger partial charge in [0.15, 0.2) is 0 Å². The van der Waals surface area contributed by atoms with Crippen molar-refractivity contribution >= 4 is 44.7 Å². The molecule has 5 rings (SSSR count). The molecule has 0 aliphatic carbocycles. The summed E-state index contributed by atoms with van der Waals surface area (Å²) in [6, 6.07) is 7.69. The van der Waals surface area contributed by atoms with Gasteiger partial charge in [0.1, 0.15) is 17.8 Å². The number of nitro groups is 1. The van der Waals surface area contributed by atoms with Gasteiger partial charge in [-0.15, -0.1) is 0 Å². The second-order valence-electron chi connectivity index (χ2n) is 6.88. The standard InChI is InChI=1S/C18H18N8O2S/c19-15-12-3-1-2-4-13(12)20-14(21-15)11-23-5-7-24(8-6-23)16-17(26(27)28)25-9-10-29-18(25)22-16/h1-4,9-10H,5-8,11H2,(H2,19,20,21). The first-order valence-corrected chi connectivity index (χ1v) is 10.1. The summed E-state index contributed by atoms with van der Waals surface area (Å²) in [5.74, 6) is 1.63. The molecule has 0 spiro atoms. The Morgan fingerprint density at radius 2 is 1.93 bits per heavy atom. The summed E-state index contributed by atoms with van der Waals surface area (Å²) in [7, 11) is 0. The fourth-order valence-corrected chi connectivity index (χ4v) is 4.39. The van der Waals surface area contributed by atoms with Gasteiger partial charge in [-0.25, -0.2) is 9.97 Å². The summed E-state index contributed by atoms with van der Waals surface area (Å²) in [5, 5.41) is 14.2. The van der Waals surface area contributed by atoms with Crippen molar-refractivity contribution in [2.45, 2.75) is 6.54 Å². The predicted octanol–water partition coefficient (Wildman–Crippen LogP) is 2.15. The van der Waals surface area contributed by atoms with Crippen LogP contribution in [0, 0.1) is 10.1 Å². The zero-order chi connectivity index (χ0) is 20.0. The summed E-state index contributed by atoms with van der Waals surface area (Å²) in [5.41, 5.74) is 6.92. The topological polar surface area (TPSA) is 119 Å². The molecule has 2 N–H and O–H groups in total. The molecule has 10 nitrogen and oxygen atoms in total. The molecule has 0 radical (unpaired) electrons. The normalized spacial score (nSPS) is 15.4. The Morgan fingerprint density at radius 1 is 1.14 bits per heavy atom. The van der Waals surface area contributed by atoms with E-state index in [9.17, 15) is 10.1 Å². The minimum atomic E-state index is -0.361. The molecule has 1 aliphatic rings. The molecule has 0 amide bonds. The van der Waals surface area contributed by atoms with Crippen LogP contribution >= 0.6 is 11.3 Å². The van der Waals surface area contributed by atoms with E-state index in [0.29, 0.717) is 42.1 Å². The summed E-state index contributed by atoms with van der Waals surface area (Å²) in [6.45, 7) is 3.35. The Balaban J connectivity index is 1.32. The van der Waals surface area contributed by atoms with Gasteiger partial charge in [-0.2, -0.15) is 9.38 Å². The number of thiazole rings is 1. The zero-order valence-corrected chi connectivity index (χ0v) is 16.2. The van der Waals surface area contributed by atoms with Crippen LogP contribution in [0.15, 0.2) is 35.8 Å². The van der Waals surface area contributed by atoms with E-state index in [1.807, 2.05) is 29.2 Å². The van der Waals surface area contributed by atoms with Gasteiger partial charge in [0, 0.05) is 36.9 Å². The number of fused-ring (bicyclic) bond motifs is 2. The van der Waals surface area contributed by atoms with E-state index in [4.69, 9.17) is 5.73 Å². The van der Waals surface area contributed by atoms with Gasteiger partial charge >= 0.3 is 5.82 Å². The highest BCUT2D eigenvalue weighted by Gasteiger charge is 2.30. The molecule has 0 unspecified atom stereocenters. The number of para-hydroxylation sites is 1. The molecular weight excluding hydrogens is 392 g/mol. The number of hydrogen-bond acceptors (Lipinski definition) is 9. The number of nitrogens with two attached hydrogens (primary N) is 1. The van der Waals surface area contributed by atoms with Crippen LogP contribution in [-0.4, -0.2) is 55.4 Å². The molecule has 4 aromatic rings. The third kappa shape index (κ3) is 3.13. The van der Waals surface area contributed by atoms with Crippen LogP contribution in [0.3, 0.4) is 0 Å². The van der Waals surface area contributed by atoms with Gasteiger partial charge in [0.25, 0.3) is 4.96 Å². The molecule has 11 heteroatoms. The second kappa shape index (κ2) is 6.94. The van der Waals surface area contributed by atoms with E-state index in [-0.39, 0.29) is 10.7 Å². The summed E-state index contributed by atoms with van der Waals surface area (Å²) in [4.78, 5) is 29.6. The maximum atomic E-state index is 11.6. The van der Waals surface area contributed by atoms with Gasteiger partial charge in [-0.05, 0) is 17.1 Å². The lowest BCUT2D eigenvalue weighted by Crippen LogP contribution is -2.46. The van der Waals surface area contributed by atoms with E-state index < -0.39 is 0 Å². The second-order valence-corrected chi connectivity index (χ2v) is 7.75. The fraction of sp³-hybridized carbons (Fsp3) is 0.278. The molecule has 4 heterocycles. The summed E-state index contributed by atoms with van der Waals surface area (Å²) in [6.07, 6.45) is 1.69. The smallest absolute Gasteiger partial charge is 0.373 e. The van der Waals surface area contributed by atoms with Gasteiger partial charge < -0.3 is 20.7 Å². The van der Waals surface area contributed by atoms with Crippen LogP contribution in [0.25, 0.3) is 15.9 Å². The SMILES string of the molecule is Nc1nc(CN2CCN(c3nc4sccn4c3[N+](=O)[O-])CC2)nc2ccccc12. The zero-order valence-electron chi connectivity index (χ0n) is 15.4. The molecule has 1 aliphatic heterocycles. The third-order valence-corrected chi connectivity index (χ3v) is 5.86. The lowest BCUT2D eigenvalue weighted by molar-refractivity contribution is -0.389. The highest BCUT2D eigenvalue weighted by Crippen LogP contribution is 2.31. The molecule has 1 aromatic carbocycles. The van der Waals surface area contributed by atoms with E-state index in [1.54, 1.807) is 11.6 Å². The number of rotatable bonds is 4. The van der Waals surface area contributed by atoms with E-state index in [0.717, 1.165) is 24.0 Å². The predicted molar refractivity (Wildman–Crippen MR) is 111 cm³/mol. The number of nitrogen functional groups attached to an aromatic ring is 1. The molecule has 0 bridgehead atoms. The number of piperazine rings is 1. The molecular formula is C18H18N8O2S. The lowest BCUT2D eigenvalue weighted by atomic mass is 10.2. The van der Waals surface area contributed by atoms with Crippen molar-refractivity contribution in [1.29, 1.82) is 0 Å². The number of benzene rings is 1. The van der Waals surface area contributed by atoms with Crippen molar-refractivity contribution in [3.8, 4) is 0 Å². The highest BCUT2D eigenvalue weighted by molar-refractivity contribution is 7.15. The summed E-state index contributed by atoms with van der Waals surface area (Å²) < 4.78 is 1.54. The minimum absolute atomic E-state index is 0.0281. The maximum Gasteiger partial charge on any atom is 0.373 e. The number of aromatic nitrogens is 4. The quantitative estimate of drug-likeness (QED) is 0.401. The minimum Gasteiger partial charge on any atom is -0.383 e. The lowest BCUT2D eigenvalue weighted by Gasteiger charge is -2.34. The van der Waals surface area contributed by atoms with Gasteiger partial charge in [0.05, 0.1) is 12.1 Å². The Morgan fingerprint density at radius 3 is 2.72 bits per heavy atom. The van der Waals surface area contributed by atoms with Crippen molar-refractivity contribution in [3.63, 3.8) is 0 Å². The Bertz CT molecular complexity index is 1210. The molecule has 1 fully saturated rings. The van der Waals surface area contributed by atoms with Crippen molar-refractivity contribution < 1.29 is 4.92 Å². The van der Waals surface area contributed by atoms with Crippen molar-refractivity contribution in [3.05, 3.63) is 51.8 Å². The molecule has 0 saturated carbocycles. The highest BCUT2D eigenvalue weighted by atomic mass is 32.1. The number of hydrogen-bond donors (Lipinski definition) is 1. The van der Waals surface area contributed by atoms with E-state index in [2.05, 4.69) is 19.9 Å². The first-order chi connectivity index (χ1) is 14.1. The fourth-order valence-electron chi connectivity index (χ4n) is 3.68. The Hall–Kier alpha value is -3.31. The number of nitrogens with zero attached hydrogens (tertiary/aromatic N) is 7. The monoisotopic (exact) mass is 410 g/mol. The first-order valence-electron chi connectivity index (χ1n) is 9.18. The Labute approximate surface area is 169 Å². The average Bonchev–Trinajstić information content (AvgIpc) is 3.29. The van der Waals surface area contributed by atoms with Gasteiger partial charge in [-0.3, -0.25) is 4.90 Å². The van der Waals surface area contributed by atoms with Crippen molar-refractivity contribution in [2.75, 3.05) is 36.8 Å². The van der Waals surface area contributed by atoms with Crippen LogP contribution < -0.4 is 10.6 Å². The van der Waals surface area contributed by atoms with Crippen LogP contribution in [0.4, 0.5) is 17.5 Å². The third-order valence-electron chi connectivity index (χ3n) is 5.11. The largest absolute Gasteiger partial charge is 0.383 e. The number of anilines is 2. The molecule has 29 heavy (non-hydrogen) atoms. The number of imidazole rings is 1. The van der Waals surface area contributed by atoms with Crippen LogP contribution in [0.1, 0.15) is 5.82 Å². The van der Waals surface area contributed by atoms with Crippen LogP contribution in [0.5, 0.6) is 0 Å². The summed E-state index contributed by atoms with van der Waals surface area (Å²) >= 11 is 1.39. The van der Waals surface area contributed by atoms with Crippen molar-refractivity contribution in [2.24, 2.45) is 0 Å².